The molecule has 0 radical (unpaired) electrons. The zero-order chi connectivity index (χ0) is 23.3. The van der Waals surface area contributed by atoms with Gasteiger partial charge in [0.25, 0.3) is 5.56 Å². The van der Waals surface area contributed by atoms with Crippen LogP contribution in [0.25, 0.3) is 0 Å². The van der Waals surface area contributed by atoms with E-state index in [4.69, 9.17) is 18.9 Å². The molecule has 2 rings (SSSR count). The van der Waals surface area contributed by atoms with Crippen LogP contribution in [0.1, 0.15) is 29.2 Å². The van der Waals surface area contributed by atoms with Crippen LogP contribution in [-0.2, 0) is 20.9 Å². The zero-order valence-corrected chi connectivity index (χ0v) is 17.9. The maximum atomic E-state index is 13.2. The van der Waals surface area contributed by atoms with Crippen LogP contribution in [0.5, 0.6) is 23.0 Å². The molecule has 0 unspecified atom stereocenters. The molecule has 0 bridgehead atoms. The topological polar surface area (TPSA) is 134 Å². The van der Waals surface area contributed by atoms with Crippen LogP contribution in [-0.4, -0.2) is 55.2 Å². The van der Waals surface area contributed by atoms with Gasteiger partial charge in [-0.05, 0) is 19.1 Å². The minimum atomic E-state index is -1.23. The molecule has 10 nitrogen and oxygen atoms in total. The summed E-state index contributed by atoms with van der Waals surface area (Å²) >= 11 is 0. The highest BCUT2D eigenvalue weighted by atomic mass is 16.5. The molecular weight excluding hydrogens is 410 g/mol. The molecule has 2 aromatic rings. The average molecular weight is 435 g/mol. The molecule has 1 aromatic heterocycles. The molecule has 10 heteroatoms. The number of hydrogen-bond acceptors (Lipinski definition) is 8. The number of aryl methyl sites for hydroxylation is 1. The van der Waals surface area contributed by atoms with Crippen LogP contribution in [0.2, 0.25) is 0 Å². The second-order valence-electron chi connectivity index (χ2n) is 6.63. The van der Waals surface area contributed by atoms with Crippen molar-refractivity contribution in [1.29, 1.82) is 0 Å². The van der Waals surface area contributed by atoms with Crippen molar-refractivity contribution in [3.8, 4) is 23.0 Å². The number of benzene rings is 1. The van der Waals surface area contributed by atoms with E-state index in [9.17, 15) is 24.6 Å². The van der Waals surface area contributed by atoms with Gasteiger partial charge < -0.3 is 33.7 Å². The minimum Gasteiger partial charge on any atom is -0.507 e. The molecule has 0 aliphatic rings. The summed E-state index contributed by atoms with van der Waals surface area (Å²) in [5, 5.41) is 19.8. The van der Waals surface area contributed by atoms with E-state index in [0.717, 1.165) is 4.57 Å². The number of carbonyl (C=O) groups is 2. The Morgan fingerprint density at radius 1 is 1.06 bits per heavy atom. The Hall–Kier alpha value is -3.69. The lowest BCUT2D eigenvalue weighted by atomic mass is 9.87. The van der Waals surface area contributed by atoms with Crippen molar-refractivity contribution in [2.24, 2.45) is 0 Å². The Balaban J connectivity index is 2.86. The van der Waals surface area contributed by atoms with Gasteiger partial charge in [-0.15, -0.1) is 0 Å². The molecular formula is C21H25NO9. The number of pyridine rings is 1. The number of ether oxygens (including phenoxy) is 4. The third kappa shape index (κ3) is 4.73. The van der Waals surface area contributed by atoms with Crippen LogP contribution < -0.4 is 19.8 Å². The number of carboxylic acids is 1. The van der Waals surface area contributed by atoms with Crippen molar-refractivity contribution in [3.63, 3.8) is 0 Å². The first-order valence-electron chi connectivity index (χ1n) is 9.20. The highest BCUT2D eigenvalue weighted by Crippen LogP contribution is 2.45. The fourth-order valence-corrected chi connectivity index (χ4v) is 3.44. The average Bonchev–Trinajstić information content (AvgIpc) is 2.74. The summed E-state index contributed by atoms with van der Waals surface area (Å²) in [5.74, 6) is -2.49. The van der Waals surface area contributed by atoms with Gasteiger partial charge in [0.05, 0.1) is 40.4 Å². The summed E-state index contributed by atoms with van der Waals surface area (Å²) in [6.07, 6.45) is -0.318. The summed E-state index contributed by atoms with van der Waals surface area (Å²) in [5.41, 5.74) is -0.304. The van der Waals surface area contributed by atoms with Crippen molar-refractivity contribution in [2.45, 2.75) is 25.8 Å². The molecule has 1 heterocycles. The molecule has 0 amide bonds. The first-order valence-corrected chi connectivity index (χ1v) is 9.20. The number of esters is 1. The highest BCUT2D eigenvalue weighted by molar-refractivity contribution is 5.73. The Morgan fingerprint density at radius 2 is 1.71 bits per heavy atom. The Morgan fingerprint density at radius 3 is 2.23 bits per heavy atom. The van der Waals surface area contributed by atoms with E-state index in [2.05, 4.69) is 0 Å². The summed E-state index contributed by atoms with van der Waals surface area (Å²) < 4.78 is 21.9. The fraction of sp³-hybridized carbons (Fsp3) is 0.381. The van der Waals surface area contributed by atoms with Gasteiger partial charge in [-0.1, -0.05) is 6.07 Å². The summed E-state index contributed by atoms with van der Waals surface area (Å²) in [6.45, 7) is 0.895. The smallest absolute Gasteiger partial charge is 0.323 e. The van der Waals surface area contributed by atoms with E-state index < -0.39 is 30.0 Å². The number of carboxylic acid groups (broad SMARTS) is 1. The second-order valence-corrected chi connectivity index (χ2v) is 6.63. The number of rotatable bonds is 9. The third-order valence-electron chi connectivity index (χ3n) is 4.87. The van der Waals surface area contributed by atoms with Crippen molar-refractivity contribution in [1.82, 2.24) is 4.57 Å². The van der Waals surface area contributed by atoms with Crippen LogP contribution >= 0.6 is 0 Å². The van der Waals surface area contributed by atoms with Crippen molar-refractivity contribution >= 4 is 11.9 Å². The van der Waals surface area contributed by atoms with Crippen LogP contribution in [0.15, 0.2) is 23.0 Å². The number of methoxy groups -OCH3 is 4. The van der Waals surface area contributed by atoms with Crippen LogP contribution in [0.4, 0.5) is 0 Å². The monoisotopic (exact) mass is 435 g/mol. The van der Waals surface area contributed by atoms with Gasteiger partial charge in [0, 0.05) is 17.2 Å². The van der Waals surface area contributed by atoms with E-state index in [1.165, 1.54) is 41.4 Å². The Kier molecular flexibility index (Phi) is 7.51. The normalized spacial score (nSPS) is 11.5. The largest absolute Gasteiger partial charge is 0.507 e. The molecule has 0 spiro atoms. The lowest BCUT2D eigenvalue weighted by Crippen LogP contribution is -2.31. The van der Waals surface area contributed by atoms with Gasteiger partial charge in [0.15, 0.2) is 11.5 Å². The quantitative estimate of drug-likeness (QED) is 0.564. The van der Waals surface area contributed by atoms with E-state index >= 15 is 0 Å². The predicted octanol–water partition coefficient (Wildman–Crippen LogP) is 1.67. The highest BCUT2D eigenvalue weighted by Gasteiger charge is 2.31. The van der Waals surface area contributed by atoms with Gasteiger partial charge in [-0.3, -0.25) is 14.4 Å². The van der Waals surface area contributed by atoms with Gasteiger partial charge in [0.1, 0.15) is 12.3 Å². The first-order chi connectivity index (χ1) is 14.7. The molecule has 1 aromatic carbocycles. The molecule has 0 aliphatic heterocycles. The standard InChI is InChI=1S/C21H25NO9/c1-11-8-14(23)18(21(27)22(11)10-16(24)25)13(9-17(26)29-3)12-6-7-15(28-2)20(31-5)19(12)30-4/h6-8,13,23H,9-10H2,1-5H3,(H,24,25)/t13-/m0/s1. The predicted molar refractivity (Wildman–Crippen MR) is 109 cm³/mol. The molecule has 1 atom stereocenters. The number of aliphatic carboxylic acids is 1. The molecule has 0 fully saturated rings. The summed E-state index contributed by atoms with van der Waals surface area (Å²) in [7, 11) is 5.43. The minimum absolute atomic E-state index is 0.164. The fourth-order valence-electron chi connectivity index (χ4n) is 3.44. The maximum absolute atomic E-state index is 13.2. The van der Waals surface area contributed by atoms with Crippen LogP contribution in [0.3, 0.4) is 0 Å². The lowest BCUT2D eigenvalue weighted by molar-refractivity contribution is -0.141. The van der Waals surface area contributed by atoms with E-state index in [0.29, 0.717) is 11.3 Å². The lowest BCUT2D eigenvalue weighted by Gasteiger charge is -2.23. The van der Waals surface area contributed by atoms with Gasteiger partial charge >= 0.3 is 11.9 Å². The Labute approximate surface area is 178 Å². The van der Waals surface area contributed by atoms with E-state index in [1.54, 1.807) is 12.1 Å². The van der Waals surface area contributed by atoms with Crippen molar-refractivity contribution in [2.75, 3.05) is 28.4 Å². The number of nitrogens with zero attached hydrogens (tertiary/aromatic N) is 1. The molecule has 168 valence electrons. The molecule has 0 aliphatic carbocycles. The van der Waals surface area contributed by atoms with Crippen molar-refractivity contribution < 1.29 is 38.7 Å². The summed E-state index contributed by atoms with van der Waals surface area (Å²) in [4.78, 5) is 36.6. The number of aromatic nitrogens is 1. The molecule has 0 saturated carbocycles. The van der Waals surface area contributed by atoms with Gasteiger partial charge in [0.2, 0.25) is 5.75 Å². The molecule has 2 N–H and O–H groups in total. The SMILES string of the molecule is COC(=O)C[C@@H](c1ccc(OC)c(OC)c1OC)c1c(O)cc(C)n(CC(=O)O)c1=O. The number of hydrogen-bond donors (Lipinski definition) is 2. The third-order valence-corrected chi connectivity index (χ3v) is 4.87. The number of carbonyl (C=O) groups excluding carboxylic acids is 1. The van der Waals surface area contributed by atoms with Crippen molar-refractivity contribution in [3.05, 3.63) is 45.4 Å². The van der Waals surface area contributed by atoms with E-state index in [-0.39, 0.29) is 34.9 Å². The van der Waals surface area contributed by atoms with E-state index in [1.807, 2.05) is 0 Å². The number of aromatic hydroxyl groups is 1. The van der Waals surface area contributed by atoms with Gasteiger partial charge in [-0.25, -0.2) is 0 Å². The zero-order valence-electron chi connectivity index (χ0n) is 17.9. The first kappa shape index (κ1) is 23.6. The second kappa shape index (κ2) is 9.88. The molecule has 31 heavy (non-hydrogen) atoms. The molecule has 0 saturated heterocycles. The summed E-state index contributed by atoms with van der Waals surface area (Å²) in [6, 6.07) is 4.42. The Bertz CT molecular complexity index is 1040. The maximum Gasteiger partial charge on any atom is 0.323 e. The van der Waals surface area contributed by atoms with Crippen LogP contribution in [0, 0.1) is 6.92 Å². The van der Waals surface area contributed by atoms with Gasteiger partial charge in [-0.2, -0.15) is 0 Å².